The number of ether oxygens (including phenoxy) is 2. The average Bonchev–Trinajstić information content (AvgIpc) is 3.46. The molecule has 0 radical (unpaired) electrons. The molecule has 216 valence electrons. The van der Waals surface area contributed by atoms with Crippen molar-refractivity contribution < 1.29 is 22.7 Å². The molecule has 1 aromatic heterocycles. The van der Waals surface area contributed by atoms with Crippen molar-refractivity contribution in [2.75, 3.05) is 62.8 Å². The number of nitrogens with zero attached hydrogens (tertiary/aromatic N) is 4. The standard InChI is InChI=1S/C30H34N4O5S2/c1-22-10-15-26(38-3)27-28(22)40-30(31-27)34(17-7-16-33-18-20-39-21-19-33)29(35)23-11-13-25(14-12-23)41(36,37)32(2)24-8-5-4-6-9-24/h4-6,8-15H,7,16-21H2,1-3H3. The highest BCUT2D eigenvalue weighted by molar-refractivity contribution is 7.92. The first kappa shape index (κ1) is 29.0. The number of carbonyl (C=O) groups excluding carboxylic acids is 1. The maximum atomic E-state index is 13.9. The van der Waals surface area contributed by atoms with Crippen molar-refractivity contribution >= 4 is 48.3 Å². The van der Waals surface area contributed by atoms with Gasteiger partial charge >= 0.3 is 0 Å². The van der Waals surface area contributed by atoms with E-state index in [4.69, 9.17) is 14.5 Å². The second kappa shape index (κ2) is 12.6. The van der Waals surface area contributed by atoms with Gasteiger partial charge in [0.05, 0.1) is 35.6 Å². The number of amides is 1. The molecule has 2 heterocycles. The number of hydrogen-bond donors (Lipinski definition) is 0. The third kappa shape index (κ3) is 6.23. The Morgan fingerprint density at radius 1 is 1.05 bits per heavy atom. The Morgan fingerprint density at radius 2 is 1.76 bits per heavy atom. The minimum absolute atomic E-state index is 0.111. The highest BCUT2D eigenvalue weighted by atomic mass is 32.2. The van der Waals surface area contributed by atoms with Gasteiger partial charge in [-0.05, 0) is 61.4 Å². The summed E-state index contributed by atoms with van der Waals surface area (Å²) in [5.74, 6) is 0.425. The number of aryl methyl sites for hydroxylation is 1. The molecule has 3 aromatic carbocycles. The number of rotatable bonds is 10. The normalized spacial score (nSPS) is 14.2. The number of morpholine rings is 1. The molecular weight excluding hydrogens is 560 g/mol. The summed E-state index contributed by atoms with van der Waals surface area (Å²) in [6, 6.07) is 18.9. The van der Waals surface area contributed by atoms with Gasteiger partial charge in [-0.1, -0.05) is 35.6 Å². The molecule has 0 saturated carbocycles. The SMILES string of the molecule is COc1ccc(C)c2sc(N(CCCN3CCOCC3)C(=O)c3ccc(S(=O)(=O)N(C)c4ccccc4)cc3)nc12. The molecule has 5 rings (SSSR count). The van der Waals surface area contributed by atoms with Crippen LogP contribution in [0.3, 0.4) is 0 Å². The Bertz CT molecular complexity index is 1600. The van der Waals surface area contributed by atoms with Crippen molar-refractivity contribution in [2.45, 2.75) is 18.2 Å². The number of anilines is 2. The van der Waals surface area contributed by atoms with Gasteiger partial charge in [0, 0.05) is 38.8 Å². The fourth-order valence-corrected chi connectivity index (χ4v) is 7.07. The zero-order chi connectivity index (χ0) is 29.0. The topological polar surface area (TPSA) is 92.3 Å². The van der Waals surface area contributed by atoms with Crippen LogP contribution in [-0.2, 0) is 14.8 Å². The molecule has 1 amide bonds. The average molecular weight is 595 g/mol. The van der Waals surface area contributed by atoms with E-state index in [9.17, 15) is 13.2 Å². The molecule has 41 heavy (non-hydrogen) atoms. The predicted octanol–water partition coefficient (Wildman–Crippen LogP) is 4.81. The summed E-state index contributed by atoms with van der Waals surface area (Å²) in [5.41, 5.74) is 2.73. The first-order valence-corrected chi connectivity index (χ1v) is 15.8. The lowest BCUT2D eigenvalue weighted by molar-refractivity contribution is 0.0376. The zero-order valence-corrected chi connectivity index (χ0v) is 25.1. The number of sulfonamides is 1. The van der Waals surface area contributed by atoms with Gasteiger partial charge in [-0.25, -0.2) is 13.4 Å². The molecule has 0 spiro atoms. The molecule has 1 aliphatic rings. The molecule has 4 aromatic rings. The summed E-state index contributed by atoms with van der Waals surface area (Å²) in [4.78, 5) is 22.9. The van der Waals surface area contributed by atoms with E-state index >= 15 is 0 Å². The van der Waals surface area contributed by atoms with Crippen LogP contribution in [0.15, 0.2) is 71.6 Å². The summed E-state index contributed by atoms with van der Waals surface area (Å²) in [5, 5.41) is 0.583. The van der Waals surface area contributed by atoms with Gasteiger partial charge in [-0.2, -0.15) is 0 Å². The number of fused-ring (bicyclic) bond motifs is 1. The van der Waals surface area contributed by atoms with Crippen LogP contribution < -0.4 is 13.9 Å². The van der Waals surface area contributed by atoms with Crippen molar-refractivity contribution in [1.82, 2.24) is 9.88 Å². The Hall–Kier alpha value is -3.51. The summed E-state index contributed by atoms with van der Waals surface area (Å²) in [6.45, 7) is 6.50. The third-order valence-electron chi connectivity index (χ3n) is 7.23. The van der Waals surface area contributed by atoms with Crippen LogP contribution in [0.5, 0.6) is 5.75 Å². The number of aromatic nitrogens is 1. The summed E-state index contributed by atoms with van der Waals surface area (Å²) in [6.07, 6.45) is 0.756. The van der Waals surface area contributed by atoms with Gasteiger partial charge < -0.3 is 9.47 Å². The highest BCUT2D eigenvalue weighted by Gasteiger charge is 2.25. The Labute approximate surface area is 245 Å². The molecule has 1 aliphatic heterocycles. The largest absolute Gasteiger partial charge is 0.494 e. The smallest absolute Gasteiger partial charge is 0.264 e. The minimum Gasteiger partial charge on any atom is -0.494 e. The molecular formula is C30H34N4O5S2. The van der Waals surface area contributed by atoms with E-state index in [1.54, 1.807) is 48.4 Å². The van der Waals surface area contributed by atoms with E-state index in [1.807, 2.05) is 25.1 Å². The number of benzene rings is 3. The quantitative estimate of drug-likeness (QED) is 0.260. The van der Waals surface area contributed by atoms with E-state index in [-0.39, 0.29) is 10.8 Å². The highest BCUT2D eigenvalue weighted by Crippen LogP contribution is 2.37. The van der Waals surface area contributed by atoms with E-state index < -0.39 is 10.0 Å². The van der Waals surface area contributed by atoms with Gasteiger partial charge in [-0.15, -0.1) is 0 Å². The van der Waals surface area contributed by atoms with Crippen molar-refractivity contribution in [3.8, 4) is 5.75 Å². The molecule has 0 unspecified atom stereocenters. The first-order chi connectivity index (χ1) is 19.8. The Balaban J connectivity index is 1.42. The maximum Gasteiger partial charge on any atom is 0.264 e. The minimum atomic E-state index is -3.79. The second-order valence-electron chi connectivity index (χ2n) is 9.86. The monoisotopic (exact) mass is 594 g/mol. The molecule has 1 fully saturated rings. The fraction of sp³-hybridized carbons (Fsp3) is 0.333. The molecule has 0 N–H and O–H groups in total. The van der Waals surface area contributed by atoms with Gasteiger partial charge in [0.1, 0.15) is 11.3 Å². The van der Waals surface area contributed by atoms with E-state index in [0.717, 1.165) is 41.8 Å². The summed E-state index contributed by atoms with van der Waals surface area (Å²) >= 11 is 1.46. The van der Waals surface area contributed by atoms with Crippen LogP contribution in [0, 0.1) is 6.92 Å². The van der Waals surface area contributed by atoms with Gasteiger partial charge in [0.15, 0.2) is 5.13 Å². The first-order valence-electron chi connectivity index (χ1n) is 13.5. The van der Waals surface area contributed by atoms with Gasteiger partial charge in [0.25, 0.3) is 15.9 Å². The van der Waals surface area contributed by atoms with Crippen molar-refractivity contribution in [3.05, 3.63) is 77.9 Å². The number of carbonyl (C=O) groups is 1. The van der Waals surface area contributed by atoms with Crippen LogP contribution in [0.2, 0.25) is 0 Å². The van der Waals surface area contributed by atoms with Crippen molar-refractivity contribution in [1.29, 1.82) is 0 Å². The number of thiazole rings is 1. The summed E-state index contributed by atoms with van der Waals surface area (Å²) in [7, 11) is -0.667. The lowest BCUT2D eigenvalue weighted by atomic mass is 10.2. The maximum absolute atomic E-state index is 13.9. The van der Waals surface area contributed by atoms with Crippen LogP contribution in [0.1, 0.15) is 22.3 Å². The van der Waals surface area contributed by atoms with E-state index in [0.29, 0.717) is 41.9 Å². The van der Waals surface area contributed by atoms with Crippen LogP contribution in [0.4, 0.5) is 10.8 Å². The zero-order valence-electron chi connectivity index (χ0n) is 23.4. The summed E-state index contributed by atoms with van der Waals surface area (Å²) < 4.78 is 39.7. The molecule has 0 bridgehead atoms. The molecule has 9 nitrogen and oxygen atoms in total. The number of hydrogen-bond acceptors (Lipinski definition) is 8. The predicted molar refractivity (Wildman–Crippen MR) is 163 cm³/mol. The van der Waals surface area contributed by atoms with Gasteiger partial charge in [0.2, 0.25) is 0 Å². The van der Waals surface area contributed by atoms with Crippen LogP contribution in [-0.4, -0.2) is 77.8 Å². The van der Waals surface area contributed by atoms with Crippen LogP contribution >= 0.6 is 11.3 Å². The van der Waals surface area contributed by atoms with Crippen LogP contribution in [0.25, 0.3) is 10.2 Å². The fourth-order valence-electron chi connectivity index (χ4n) is 4.80. The molecule has 11 heteroatoms. The molecule has 0 aliphatic carbocycles. The Morgan fingerprint density at radius 3 is 2.44 bits per heavy atom. The second-order valence-corrected chi connectivity index (χ2v) is 12.8. The molecule has 1 saturated heterocycles. The van der Waals surface area contributed by atoms with E-state index in [1.165, 1.54) is 34.8 Å². The lowest BCUT2D eigenvalue weighted by Crippen LogP contribution is -2.39. The third-order valence-corrected chi connectivity index (χ3v) is 10.2. The molecule has 0 atom stereocenters. The number of methoxy groups -OCH3 is 1. The van der Waals surface area contributed by atoms with Gasteiger partial charge in [-0.3, -0.25) is 18.9 Å². The Kier molecular flexibility index (Phi) is 8.88. The van der Waals surface area contributed by atoms with Crippen molar-refractivity contribution in [3.63, 3.8) is 0 Å². The lowest BCUT2D eigenvalue weighted by Gasteiger charge is -2.27. The van der Waals surface area contributed by atoms with E-state index in [2.05, 4.69) is 4.90 Å². The van der Waals surface area contributed by atoms with Crippen molar-refractivity contribution in [2.24, 2.45) is 0 Å². The number of para-hydroxylation sites is 1.